The number of hydrogen-bond donors (Lipinski definition) is 3. The summed E-state index contributed by atoms with van der Waals surface area (Å²) in [7, 11) is -4.61. The van der Waals surface area contributed by atoms with Crippen molar-refractivity contribution in [2.75, 3.05) is 26.4 Å². The number of rotatable bonds is 36. The molecule has 3 atom stereocenters. The minimum atomic E-state index is -4.61. The van der Waals surface area contributed by atoms with Crippen molar-refractivity contribution in [3.8, 4) is 0 Å². The maximum Gasteiger partial charge on any atom is 0.472 e. The van der Waals surface area contributed by atoms with Crippen LogP contribution in [0.15, 0.2) is 24.3 Å². The number of carbonyl (C=O) groups is 2. The Morgan fingerprint density at radius 2 is 1.02 bits per heavy atom. The minimum absolute atomic E-state index is 0.179. The molecule has 0 fully saturated rings. The van der Waals surface area contributed by atoms with E-state index in [-0.39, 0.29) is 19.4 Å². The third kappa shape index (κ3) is 34.7. The number of esters is 2. The van der Waals surface area contributed by atoms with Gasteiger partial charge in [0.15, 0.2) is 6.10 Å². The molecule has 1 unspecified atom stereocenters. The molecule has 0 saturated carbocycles. The van der Waals surface area contributed by atoms with Crippen LogP contribution >= 0.6 is 7.82 Å². The number of allylic oxidation sites excluding steroid dienone is 4. The number of phosphoric ester groups is 1. The van der Waals surface area contributed by atoms with Crippen LogP contribution in [0.25, 0.3) is 0 Å². The van der Waals surface area contributed by atoms with E-state index in [0.717, 1.165) is 64.2 Å². The second-order valence-electron chi connectivity index (χ2n) is 12.9. The normalized spacial score (nSPS) is 14.3. The third-order valence-electron chi connectivity index (χ3n) is 8.08. The van der Waals surface area contributed by atoms with Gasteiger partial charge in [-0.05, 0) is 57.8 Å². The predicted octanol–water partition coefficient (Wildman–Crippen LogP) is 9.44. The summed E-state index contributed by atoms with van der Waals surface area (Å²) < 4.78 is 32.6. The van der Waals surface area contributed by atoms with Crippen LogP contribution in [-0.4, -0.2) is 65.7 Å². The predicted molar refractivity (Wildman–Crippen MR) is 196 cm³/mol. The molecule has 0 heterocycles. The number of aliphatic hydroxyl groups is 2. The van der Waals surface area contributed by atoms with E-state index in [9.17, 15) is 24.2 Å². The van der Waals surface area contributed by atoms with Gasteiger partial charge >= 0.3 is 19.8 Å². The highest BCUT2D eigenvalue weighted by atomic mass is 31.2. The molecule has 0 aliphatic heterocycles. The quantitative estimate of drug-likeness (QED) is 0.0248. The highest BCUT2D eigenvalue weighted by molar-refractivity contribution is 7.47. The monoisotopic (exact) mass is 718 g/mol. The Bertz CT molecular complexity index is 879. The molecule has 0 aliphatic rings. The Morgan fingerprint density at radius 1 is 0.592 bits per heavy atom. The zero-order valence-corrected chi connectivity index (χ0v) is 31.8. The van der Waals surface area contributed by atoms with Crippen molar-refractivity contribution in [2.45, 2.75) is 180 Å². The molecule has 0 saturated heterocycles. The van der Waals surface area contributed by atoms with E-state index in [1.165, 1.54) is 64.2 Å². The Kier molecular flexibility index (Phi) is 33.8. The van der Waals surface area contributed by atoms with E-state index < -0.39 is 51.8 Å². The van der Waals surface area contributed by atoms with E-state index in [1.807, 2.05) is 0 Å². The largest absolute Gasteiger partial charge is 0.472 e. The molecule has 288 valence electrons. The summed E-state index contributed by atoms with van der Waals surface area (Å²) >= 11 is 0. The van der Waals surface area contributed by atoms with E-state index in [4.69, 9.17) is 19.1 Å². The molecular weight excluding hydrogens is 647 g/mol. The Labute approximate surface area is 298 Å². The van der Waals surface area contributed by atoms with Crippen molar-refractivity contribution in [2.24, 2.45) is 0 Å². The first-order valence-electron chi connectivity index (χ1n) is 19.3. The molecule has 49 heavy (non-hydrogen) atoms. The van der Waals surface area contributed by atoms with Gasteiger partial charge in [0, 0.05) is 12.8 Å². The van der Waals surface area contributed by atoms with E-state index in [1.54, 1.807) is 0 Å². The SMILES string of the molecule is CCCC/C=C/CCCCCCCC(=O)OC[C@H](COP(=O)(O)OC[C@@H](O)CO)OC(=O)CCCCCCCCC/C=C/CCCCCC. The molecule has 0 radical (unpaired) electrons. The highest BCUT2D eigenvalue weighted by Crippen LogP contribution is 2.43. The second-order valence-corrected chi connectivity index (χ2v) is 14.4. The molecule has 0 rings (SSSR count). The smallest absolute Gasteiger partial charge is 0.462 e. The van der Waals surface area contributed by atoms with Crippen LogP contribution in [0.1, 0.15) is 168 Å². The van der Waals surface area contributed by atoms with Crippen LogP contribution in [0, 0.1) is 0 Å². The zero-order valence-electron chi connectivity index (χ0n) is 30.9. The van der Waals surface area contributed by atoms with E-state index >= 15 is 0 Å². The molecule has 3 N–H and O–H groups in total. The van der Waals surface area contributed by atoms with E-state index in [0.29, 0.717) is 12.8 Å². The Balaban J connectivity index is 4.37. The molecule has 0 amide bonds. The van der Waals surface area contributed by atoms with Crippen LogP contribution < -0.4 is 0 Å². The molecule has 0 aliphatic carbocycles. The van der Waals surface area contributed by atoms with Crippen molar-refractivity contribution < 1.29 is 47.8 Å². The topological polar surface area (TPSA) is 149 Å². The lowest BCUT2D eigenvalue weighted by atomic mass is 10.1. The maximum atomic E-state index is 12.5. The first-order chi connectivity index (χ1) is 23.7. The third-order valence-corrected chi connectivity index (χ3v) is 9.03. The molecule has 10 nitrogen and oxygen atoms in total. The van der Waals surface area contributed by atoms with Crippen LogP contribution in [0.3, 0.4) is 0 Å². The number of aliphatic hydroxyl groups excluding tert-OH is 2. The Hall–Kier alpha value is -1.55. The van der Waals surface area contributed by atoms with Gasteiger partial charge in [0.2, 0.25) is 0 Å². The van der Waals surface area contributed by atoms with Crippen molar-refractivity contribution in [1.82, 2.24) is 0 Å². The van der Waals surface area contributed by atoms with Gasteiger partial charge < -0.3 is 24.6 Å². The van der Waals surface area contributed by atoms with Crippen LogP contribution in [-0.2, 0) is 32.7 Å². The average Bonchev–Trinajstić information content (AvgIpc) is 3.09. The Morgan fingerprint density at radius 3 is 1.53 bits per heavy atom. The van der Waals surface area contributed by atoms with Crippen LogP contribution in [0.4, 0.5) is 0 Å². The van der Waals surface area contributed by atoms with Gasteiger partial charge in [0.05, 0.1) is 19.8 Å². The summed E-state index contributed by atoms with van der Waals surface area (Å²) in [5.74, 6) is -0.941. The summed E-state index contributed by atoms with van der Waals surface area (Å²) in [5, 5.41) is 18.3. The number of hydrogen-bond acceptors (Lipinski definition) is 9. The molecule has 11 heteroatoms. The lowest BCUT2D eigenvalue weighted by molar-refractivity contribution is -0.161. The number of carbonyl (C=O) groups excluding carboxylic acids is 2. The molecule has 0 aromatic carbocycles. The average molecular weight is 719 g/mol. The van der Waals surface area contributed by atoms with Crippen molar-refractivity contribution in [3.63, 3.8) is 0 Å². The fourth-order valence-corrected chi connectivity index (χ4v) is 5.82. The van der Waals surface area contributed by atoms with E-state index in [2.05, 4.69) is 42.7 Å². The molecular formula is C38H71O10P. The first kappa shape index (κ1) is 47.4. The summed E-state index contributed by atoms with van der Waals surface area (Å²) in [6.45, 7) is 2.30. The lowest BCUT2D eigenvalue weighted by Gasteiger charge is -2.20. The fraction of sp³-hybridized carbons (Fsp3) is 0.842. The highest BCUT2D eigenvalue weighted by Gasteiger charge is 2.27. The van der Waals surface area contributed by atoms with Gasteiger partial charge in [0.25, 0.3) is 0 Å². The van der Waals surface area contributed by atoms with Crippen molar-refractivity contribution >= 4 is 19.8 Å². The van der Waals surface area contributed by atoms with Gasteiger partial charge in [-0.15, -0.1) is 0 Å². The van der Waals surface area contributed by atoms with Gasteiger partial charge in [-0.25, -0.2) is 4.57 Å². The van der Waals surface area contributed by atoms with Gasteiger partial charge in [0.1, 0.15) is 12.7 Å². The summed E-state index contributed by atoms with van der Waals surface area (Å²) in [4.78, 5) is 34.8. The van der Waals surface area contributed by atoms with Crippen molar-refractivity contribution in [3.05, 3.63) is 24.3 Å². The number of unbranched alkanes of at least 4 members (excludes halogenated alkanes) is 18. The lowest BCUT2D eigenvalue weighted by Crippen LogP contribution is -2.29. The summed E-state index contributed by atoms with van der Waals surface area (Å²) in [6, 6.07) is 0. The summed E-state index contributed by atoms with van der Waals surface area (Å²) in [6.07, 6.45) is 31.5. The first-order valence-corrected chi connectivity index (χ1v) is 20.8. The van der Waals surface area contributed by atoms with Crippen LogP contribution in [0.5, 0.6) is 0 Å². The molecule has 0 bridgehead atoms. The fourth-order valence-electron chi connectivity index (χ4n) is 5.03. The molecule has 0 aromatic heterocycles. The number of phosphoric acid groups is 1. The minimum Gasteiger partial charge on any atom is -0.462 e. The molecule has 0 spiro atoms. The standard InChI is InChI=1S/C38H71O10P/c1-3-5-7-9-11-13-15-16-17-18-20-22-24-26-28-30-38(42)48-36(34-47-49(43,44)46-32-35(40)31-39)33-45-37(41)29-27-25-23-21-19-14-12-10-8-6-4-2/h10,12-13,15,35-36,39-40H,3-9,11,14,16-34H2,1-2H3,(H,43,44)/b12-10+,15-13+/t35-,36+/m0/s1. The maximum absolute atomic E-state index is 12.5. The van der Waals surface area contributed by atoms with Gasteiger partial charge in [-0.3, -0.25) is 18.6 Å². The van der Waals surface area contributed by atoms with Crippen LogP contribution in [0.2, 0.25) is 0 Å². The van der Waals surface area contributed by atoms with Crippen molar-refractivity contribution in [1.29, 1.82) is 0 Å². The van der Waals surface area contributed by atoms with Gasteiger partial charge in [-0.1, -0.05) is 122 Å². The van der Waals surface area contributed by atoms with Gasteiger partial charge in [-0.2, -0.15) is 0 Å². The zero-order chi connectivity index (χ0) is 36.3. The molecule has 0 aromatic rings. The second kappa shape index (κ2) is 34.9. The summed E-state index contributed by atoms with van der Waals surface area (Å²) in [5.41, 5.74) is 0. The number of ether oxygens (including phenoxy) is 2.